The first kappa shape index (κ1) is 19.7. The van der Waals surface area contributed by atoms with Crippen molar-refractivity contribution >= 4 is 11.9 Å². The Morgan fingerprint density at radius 2 is 2.03 bits per heavy atom. The minimum absolute atomic E-state index is 0.216. The zero-order valence-corrected chi connectivity index (χ0v) is 16.6. The van der Waals surface area contributed by atoms with Gasteiger partial charge in [-0.25, -0.2) is 9.59 Å². The van der Waals surface area contributed by atoms with E-state index in [0.717, 1.165) is 44.3 Å². The number of aryl methyl sites for hydroxylation is 1. The van der Waals surface area contributed by atoms with Gasteiger partial charge in [0.05, 0.1) is 0 Å². The second-order valence-corrected chi connectivity index (χ2v) is 8.87. The fourth-order valence-electron chi connectivity index (χ4n) is 6.16. The fraction of sp³-hybridized carbons (Fsp3) is 0.500. The van der Waals surface area contributed by atoms with Gasteiger partial charge >= 0.3 is 11.9 Å². The molecule has 0 radical (unpaired) electrons. The van der Waals surface area contributed by atoms with Crippen LogP contribution < -0.4 is 4.74 Å². The maximum absolute atomic E-state index is 11.8. The molecule has 2 fully saturated rings. The van der Waals surface area contributed by atoms with Crippen LogP contribution >= 0.6 is 0 Å². The first-order chi connectivity index (χ1) is 13.8. The summed E-state index contributed by atoms with van der Waals surface area (Å²) in [6.45, 7) is 2.17. The van der Waals surface area contributed by atoms with Gasteiger partial charge < -0.3 is 14.9 Å². The maximum Gasteiger partial charge on any atom is 0.336 e. The van der Waals surface area contributed by atoms with Gasteiger partial charge in [-0.2, -0.15) is 0 Å². The topological polar surface area (TPSA) is 83.8 Å². The second-order valence-electron chi connectivity index (χ2n) is 8.87. The van der Waals surface area contributed by atoms with E-state index in [2.05, 4.69) is 12.8 Å². The Hall–Kier alpha value is -2.58. The van der Waals surface area contributed by atoms with Gasteiger partial charge in [0.25, 0.3) is 0 Å². The van der Waals surface area contributed by atoms with Crippen LogP contribution in [0.2, 0.25) is 0 Å². The third kappa shape index (κ3) is 3.16. The summed E-state index contributed by atoms with van der Waals surface area (Å²) in [7, 11) is 0. The van der Waals surface area contributed by atoms with Gasteiger partial charge in [-0.15, -0.1) is 6.42 Å². The van der Waals surface area contributed by atoms with E-state index < -0.39 is 17.5 Å². The predicted octanol–water partition coefficient (Wildman–Crippen LogP) is 3.45. The monoisotopic (exact) mass is 394 g/mol. The molecule has 0 spiro atoms. The summed E-state index contributed by atoms with van der Waals surface area (Å²) >= 11 is 0. The zero-order chi connectivity index (χ0) is 20.8. The Labute approximate surface area is 170 Å². The van der Waals surface area contributed by atoms with Gasteiger partial charge in [0.2, 0.25) is 0 Å². The van der Waals surface area contributed by atoms with Crippen LogP contribution in [0.25, 0.3) is 0 Å². The number of rotatable bonds is 3. The molecule has 0 heterocycles. The average molecular weight is 394 g/mol. The molecule has 4 rings (SSSR count). The molecular weight excluding hydrogens is 368 g/mol. The van der Waals surface area contributed by atoms with Crippen molar-refractivity contribution in [3.8, 4) is 18.1 Å². The van der Waals surface area contributed by atoms with E-state index >= 15 is 0 Å². The molecular formula is C24H26O5. The average Bonchev–Trinajstić information content (AvgIpc) is 2.97. The van der Waals surface area contributed by atoms with E-state index in [4.69, 9.17) is 16.3 Å². The molecule has 3 aliphatic rings. The number of carbonyl (C=O) groups excluding carboxylic acids is 1. The Kier molecular flexibility index (Phi) is 4.78. The molecule has 5 heteroatoms. The summed E-state index contributed by atoms with van der Waals surface area (Å²) < 4.78 is 5.25. The SMILES string of the molecule is C#C[C@]1(O)CCC2C3CCc4cc(OC(=O)/C=C/C(=O)O)ccc4C3CC[C@@]21C. The van der Waals surface area contributed by atoms with Crippen LogP contribution in [0.4, 0.5) is 0 Å². The lowest BCUT2D eigenvalue weighted by Gasteiger charge is -2.52. The standard InChI is InChI=1S/C24H26O5/c1-3-24(28)13-11-20-19-6-4-15-14-16(29-22(27)9-8-21(25)26)5-7-17(15)18(19)10-12-23(20,24)2/h1,5,7-9,14,18-20,28H,4,6,10-13H2,2H3,(H,25,26)/b9-8+/t18?,19?,20?,23-,24-/m0/s1. The first-order valence-corrected chi connectivity index (χ1v) is 10.2. The molecule has 29 heavy (non-hydrogen) atoms. The van der Waals surface area contributed by atoms with Crippen molar-refractivity contribution in [2.75, 3.05) is 0 Å². The molecule has 1 aromatic carbocycles. The molecule has 3 aliphatic carbocycles. The third-order valence-electron chi connectivity index (χ3n) is 7.67. The quantitative estimate of drug-likeness (QED) is 0.355. The van der Waals surface area contributed by atoms with Gasteiger partial charge in [0.1, 0.15) is 11.4 Å². The van der Waals surface area contributed by atoms with E-state index in [0.29, 0.717) is 29.9 Å². The summed E-state index contributed by atoms with van der Waals surface area (Å²) in [6.07, 6.45) is 12.9. The Bertz CT molecular complexity index is 926. The van der Waals surface area contributed by atoms with Crippen molar-refractivity contribution in [3.63, 3.8) is 0 Å². The number of hydrogen-bond donors (Lipinski definition) is 2. The number of fused-ring (bicyclic) bond motifs is 5. The Morgan fingerprint density at radius 3 is 2.76 bits per heavy atom. The van der Waals surface area contributed by atoms with Crippen molar-refractivity contribution in [2.45, 2.75) is 57.0 Å². The lowest BCUT2D eigenvalue weighted by Crippen LogP contribution is -2.50. The van der Waals surface area contributed by atoms with Crippen LogP contribution in [0.3, 0.4) is 0 Å². The lowest BCUT2D eigenvalue weighted by atomic mass is 9.53. The third-order valence-corrected chi connectivity index (χ3v) is 7.67. The fourth-order valence-corrected chi connectivity index (χ4v) is 6.16. The zero-order valence-electron chi connectivity index (χ0n) is 16.6. The molecule has 0 bridgehead atoms. The van der Waals surface area contributed by atoms with Gasteiger partial charge in [-0.3, -0.25) is 0 Å². The van der Waals surface area contributed by atoms with Crippen molar-refractivity contribution < 1.29 is 24.5 Å². The van der Waals surface area contributed by atoms with E-state index in [9.17, 15) is 14.7 Å². The molecule has 0 saturated heterocycles. The summed E-state index contributed by atoms with van der Waals surface area (Å²) in [5, 5.41) is 19.6. The van der Waals surface area contributed by atoms with Gasteiger partial charge in [-0.1, -0.05) is 18.9 Å². The largest absolute Gasteiger partial charge is 0.478 e. The van der Waals surface area contributed by atoms with Crippen molar-refractivity contribution in [3.05, 3.63) is 41.5 Å². The molecule has 1 aromatic rings. The van der Waals surface area contributed by atoms with Crippen LogP contribution in [-0.2, 0) is 16.0 Å². The van der Waals surface area contributed by atoms with Crippen molar-refractivity contribution in [1.82, 2.24) is 0 Å². The summed E-state index contributed by atoms with van der Waals surface area (Å²) in [5.74, 6) is 2.62. The highest BCUT2D eigenvalue weighted by molar-refractivity contribution is 5.91. The molecule has 0 aromatic heterocycles. The summed E-state index contributed by atoms with van der Waals surface area (Å²) in [5.41, 5.74) is 1.28. The van der Waals surface area contributed by atoms with Crippen LogP contribution in [0.1, 0.15) is 56.1 Å². The Morgan fingerprint density at radius 1 is 1.24 bits per heavy atom. The molecule has 152 valence electrons. The number of terminal acetylenes is 1. The van der Waals surface area contributed by atoms with Crippen molar-refractivity contribution in [1.29, 1.82) is 0 Å². The van der Waals surface area contributed by atoms with Crippen LogP contribution in [0.15, 0.2) is 30.4 Å². The molecule has 3 unspecified atom stereocenters. The van der Waals surface area contributed by atoms with Gasteiger partial charge in [0, 0.05) is 17.6 Å². The first-order valence-electron chi connectivity index (χ1n) is 10.2. The molecule has 5 nitrogen and oxygen atoms in total. The highest BCUT2D eigenvalue weighted by Gasteiger charge is 2.61. The maximum atomic E-state index is 11.8. The number of carbonyl (C=O) groups is 2. The number of hydrogen-bond acceptors (Lipinski definition) is 4. The number of aliphatic carboxylic acids is 1. The van der Waals surface area contributed by atoms with E-state index in [1.54, 1.807) is 6.07 Å². The number of ether oxygens (including phenoxy) is 1. The molecule has 2 saturated carbocycles. The summed E-state index contributed by atoms with van der Waals surface area (Å²) in [4.78, 5) is 22.3. The minimum Gasteiger partial charge on any atom is -0.478 e. The van der Waals surface area contributed by atoms with Crippen molar-refractivity contribution in [2.24, 2.45) is 17.3 Å². The smallest absolute Gasteiger partial charge is 0.336 e. The predicted molar refractivity (Wildman–Crippen MR) is 107 cm³/mol. The Balaban J connectivity index is 1.55. The second kappa shape index (κ2) is 7.03. The van der Waals surface area contributed by atoms with Crippen LogP contribution in [0, 0.1) is 29.6 Å². The van der Waals surface area contributed by atoms with E-state index in [-0.39, 0.29) is 5.41 Å². The number of benzene rings is 1. The van der Waals surface area contributed by atoms with Crippen LogP contribution in [0.5, 0.6) is 5.75 Å². The number of carboxylic acids is 1. The lowest BCUT2D eigenvalue weighted by molar-refractivity contribution is -0.133. The molecule has 0 aliphatic heterocycles. The minimum atomic E-state index is -1.19. The highest BCUT2D eigenvalue weighted by atomic mass is 16.5. The molecule has 5 atom stereocenters. The van der Waals surface area contributed by atoms with E-state index in [1.165, 1.54) is 11.1 Å². The number of esters is 1. The van der Waals surface area contributed by atoms with Crippen LogP contribution in [-0.4, -0.2) is 27.8 Å². The number of aliphatic hydroxyl groups is 1. The molecule has 2 N–H and O–H groups in total. The number of carboxylic acid groups (broad SMARTS) is 1. The normalized spacial score (nSPS) is 35.3. The highest BCUT2D eigenvalue weighted by Crippen LogP contribution is 2.64. The molecule has 0 amide bonds. The van der Waals surface area contributed by atoms with Gasteiger partial charge in [-0.05, 0) is 79.5 Å². The van der Waals surface area contributed by atoms with E-state index in [1.807, 2.05) is 12.1 Å². The summed E-state index contributed by atoms with van der Waals surface area (Å²) in [6, 6.07) is 5.73. The van der Waals surface area contributed by atoms with Gasteiger partial charge in [0.15, 0.2) is 0 Å².